The van der Waals surface area contributed by atoms with Gasteiger partial charge in [-0.1, -0.05) is 31.2 Å². The number of benzene rings is 1. The molecule has 0 aliphatic carbocycles. The molecule has 1 unspecified atom stereocenters. The largest absolute Gasteiger partial charge is 0.466 e. The third kappa shape index (κ3) is 6.36. The zero-order valence-corrected chi connectivity index (χ0v) is 17.4. The smallest absolute Gasteiger partial charge is 0.191 e. The monoisotopic (exact) mass is 457 g/mol. The first-order valence-electron chi connectivity index (χ1n) is 8.42. The first kappa shape index (κ1) is 21.5. The quantitative estimate of drug-likeness (QED) is 0.339. The minimum absolute atomic E-state index is 0. The molecule has 1 heterocycles. The van der Waals surface area contributed by atoms with Gasteiger partial charge in [-0.15, -0.1) is 24.0 Å². The maximum Gasteiger partial charge on any atom is 0.191 e. The van der Waals surface area contributed by atoms with Crippen molar-refractivity contribution >= 4 is 29.9 Å². The second-order valence-electron chi connectivity index (χ2n) is 5.92. The van der Waals surface area contributed by atoms with Crippen molar-refractivity contribution in [1.29, 1.82) is 0 Å². The Morgan fingerprint density at radius 2 is 1.84 bits per heavy atom. The molecule has 0 spiro atoms. The maximum atomic E-state index is 10.5. The fourth-order valence-corrected chi connectivity index (χ4v) is 2.49. The average Bonchev–Trinajstić information content (AvgIpc) is 3.13. The van der Waals surface area contributed by atoms with E-state index in [0.29, 0.717) is 24.8 Å². The summed E-state index contributed by atoms with van der Waals surface area (Å²) in [6.07, 6.45) is 2.55. The summed E-state index contributed by atoms with van der Waals surface area (Å²) in [4.78, 5) is 4.63. The Balaban J connectivity index is 0.00000312. The van der Waals surface area contributed by atoms with Crippen molar-refractivity contribution in [3.63, 3.8) is 0 Å². The van der Waals surface area contributed by atoms with Gasteiger partial charge in [0.1, 0.15) is 11.4 Å². The Morgan fingerprint density at radius 1 is 1.12 bits per heavy atom. The number of aryl methyl sites for hydroxylation is 1. The zero-order chi connectivity index (χ0) is 17.4. The van der Waals surface area contributed by atoms with E-state index in [-0.39, 0.29) is 24.0 Å². The molecule has 1 aromatic heterocycles. The van der Waals surface area contributed by atoms with Crippen LogP contribution in [0.15, 0.2) is 52.1 Å². The van der Waals surface area contributed by atoms with E-state index in [1.165, 1.54) is 11.1 Å². The van der Waals surface area contributed by atoms with Crippen LogP contribution in [0.2, 0.25) is 0 Å². The molecular weight excluding hydrogens is 429 g/mol. The van der Waals surface area contributed by atoms with Crippen LogP contribution < -0.4 is 10.6 Å². The number of hydrogen-bond donors (Lipinski definition) is 3. The summed E-state index contributed by atoms with van der Waals surface area (Å²) < 4.78 is 5.30. The minimum atomic E-state index is -1.10. The van der Waals surface area contributed by atoms with Crippen LogP contribution in [0.4, 0.5) is 0 Å². The Kier molecular flexibility index (Phi) is 8.99. The second-order valence-corrected chi connectivity index (χ2v) is 5.92. The highest BCUT2D eigenvalue weighted by Crippen LogP contribution is 2.19. The summed E-state index contributed by atoms with van der Waals surface area (Å²) in [5, 5.41) is 16.9. The van der Waals surface area contributed by atoms with Crippen molar-refractivity contribution in [3.05, 3.63) is 59.5 Å². The molecule has 0 amide bonds. The van der Waals surface area contributed by atoms with Crippen molar-refractivity contribution in [2.24, 2.45) is 4.99 Å². The van der Waals surface area contributed by atoms with Gasteiger partial charge < -0.3 is 20.2 Å². The Morgan fingerprint density at radius 3 is 2.44 bits per heavy atom. The van der Waals surface area contributed by atoms with Crippen LogP contribution in [0.5, 0.6) is 0 Å². The van der Waals surface area contributed by atoms with Crippen molar-refractivity contribution < 1.29 is 9.52 Å². The molecule has 1 atom stereocenters. The predicted octanol–water partition coefficient (Wildman–Crippen LogP) is 3.42. The standard InChI is InChI=1S/C19H27N3O2.HI/c1-4-15-9-6-7-10-16(15)13-21-18(20-5-2)22-14-19(3,23)17-11-8-12-24-17;/h6-12,23H,4-5,13-14H2,1-3H3,(H2,20,21,22);1H. The Hall–Kier alpha value is -1.54. The molecule has 0 aliphatic heterocycles. The van der Waals surface area contributed by atoms with E-state index in [0.717, 1.165) is 13.0 Å². The molecule has 0 aliphatic rings. The maximum absolute atomic E-state index is 10.5. The van der Waals surface area contributed by atoms with Crippen molar-refractivity contribution in [1.82, 2.24) is 10.6 Å². The van der Waals surface area contributed by atoms with Gasteiger partial charge in [0.25, 0.3) is 0 Å². The van der Waals surface area contributed by atoms with E-state index in [1.54, 1.807) is 25.3 Å². The molecule has 2 rings (SSSR count). The molecule has 6 heteroatoms. The summed E-state index contributed by atoms with van der Waals surface area (Å²) in [6.45, 7) is 7.54. The van der Waals surface area contributed by atoms with Gasteiger partial charge in [-0.3, -0.25) is 0 Å². The fourth-order valence-electron chi connectivity index (χ4n) is 2.49. The highest BCUT2D eigenvalue weighted by atomic mass is 127. The third-order valence-electron chi connectivity index (χ3n) is 3.90. The number of halogens is 1. The Labute approximate surface area is 167 Å². The van der Waals surface area contributed by atoms with Gasteiger partial charge in [-0.05, 0) is 43.5 Å². The SMILES string of the molecule is CCNC(=NCc1ccccc1CC)NCC(C)(O)c1ccco1.I. The van der Waals surface area contributed by atoms with Crippen LogP contribution in [0.3, 0.4) is 0 Å². The van der Waals surface area contributed by atoms with E-state index >= 15 is 0 Å². The molecule has 0 fully saturated rings. The van der Waals surface area contributed by atoms with Crippen LogP contribution >= 0.6 is 24.0 Å². The van der Waals surface area contributed by atoms with Gasteiger partial charge >= 0.3 is 0 Å². The molecule has 5 nitrogen and oxygen atoms in total. The topological polar surface area (TPSA) is 69.8 Å². The summed E-state index contributed by atoms with van der Waals surface area (Å²) in [5.41, 5.74) is 1.43. The number of nitrogens with zero attached hydrogens (tertiary/aromatic N) is 1. The minimum Gasteiger partial charge on any atom is -0.466 e. The van der Waals surface area contributed by atoms with Gasteiger partial charge in [0.05, 0.1) is 19.4 Å². The van der Waals surface area contributed by atoms with Crippen LogP contribution in [0.25, 0.3) is 0 Å². The van der Waals surface area contributed by atoms with E-state index in [9.17, 15) is 5.11 Å². The van der Waals surface area contributed by atoms with E-state index in [1.807, 2.05) is 13.0 Å². The van der Waals surface area contributed by atoms with Gasteiger partial charge in [-0.25, -0.2) is 4.99 Å². The third-order valence-corrected chi connectivity index (χ3v) is 3.90. The molecule has 25 heavy (non-hydrogen) atoms. The van der Waals surface area contributed by atoms with Crippen LogP contribution in [-0.2, 0) is 18.6 Å². The van der Waals surface area contributed by atoms with Gasteiger partial charge in [0, 0.05) is 6.54 Å². The number of aliphatic imine (C=N–C) groups is 1. The summed E-state index contributed by atoms with van der Waals surface area (Å²) >= 11 is 0. The molecule has 0 radical (unpaired) electrons. The number of nitrogens with one attached hydrogen (secondary N) is 2. The first-order chi connectivity index (χ1) is 11.6. The molecule has 0 bridgehead atoms. The zero-order valence-electron chi connectivity index (χ0n) is 15.1. The van der Waals surface area contributed by atoms with Crippen LogP contribution in [0, 0.1) is 0 Å². The normalized spacial score (nSPS) is 13.7. The number of hydrogen-bond acceptors (Lipinski definition) is 3. The summed E-state index contributed by atoms with van der Waals surface area (Å²) in [7, 11) is 0. The van der Waals surface area contributed by atoms with E-state index in [2.05, 4.69) is 40.7 Å². The fraction of sp³-hybridized carbons (Fsp3) is 0.421. The molecular formula is C19H28IN3O2. The number of guanidine groups is 1. The highest BCUT2D eigenvalue weighted by Gasteiger charge is 2.26. The number of aliphatic hydroxyl groups is 1. The highest BCUT2D eigenvalue weighted by molar-refractivity contribution is 14.0. The first-order valence-corrected chi connectivity index (χ1v) is 8.42. The lowest BCUT2D eigenvalue weighted by Gasteiger charge is -2.22. The Bertz CT molecular complexity index is 654. The molecule has 3 N–H and O–H groups in total. The summed E-state index contributed by atoms with van der Waals surface area (Å²) in [6, 6.07) is 11.9. The predicted molar refractivity (Wildman–Crippen MR) is 112 cm³/mol. The van der Waals surface area contributed by atoms with E-state index in [4.69, 9.17) is 4.42 Å². The van der Waals surface area contributed by atoms with Crippen LogP contribution in [-0.4, -0.2) is 24.2 Å². The van der Waals surface area contributed by atoms with Crippen molar-refractivity contribution in [3.8, 4) is 0 Å². The van der Waals surface area contributed by atoms with Crippen molar-refractivity contribution in [2.45, 2.75) is 39.3 Å². The summed E-state index contributed by atoms with van der Waals surface area (Å²) in [5.74, 6) is 1.21. The van der Waals surface area contributed by atoms with Gasteiger partial charge in [0.2, 0.25) is 0 Å². The number of furan rings is 1. The van der Waals surface area contributed by atoms with Crippen LogP contribution in [0.1, 0.15) is 37.7 Å². The molecule has 0 saturated heterocycles. The molecule has 1 aromatic carbocycles. The lowest BCUT2D eigenvalue weighted by Crippen LogP contribution is -2.44. The van der Waals surface area contributed by atoms with Gasteiger partial charge in [-0.2, -0.15) is 0 Å². The molecule has 2 aromatic rings. The number of rotatable bonds is 7. The van der Waals surface area contributed by atoms with Crippen molar-refractivity contribution in [2.75, 3.05) is 13.1 Å². The lowest BCUT2D eigenvalue weighted by atomic mass is 10.0. The molecule has 138 valence electrons. The van der Waals surface area contributed by atoms with E-state index < -0.39 is 5.60 Å². The molecule has 0 saturated carbocycles. The second kappa shape index (κ2) is 10.5. The lowest BCUT2D eigenvalue weighted by molar-refractivity contribution is 0.0386. The average molecular weight is 457 g/mol. The van der Waals surface area contributed by atoms with Gasteiger partial charge in [0.15, 0.2) is 5.96 Å².